The molecule has 3 rings (SSSR count). The number of benzene rings is 1. The highest BCUT2D eigenvalue weighted by molar-refractivity contribution is 5.89. The smallest absolute Gasteiger partial charge is 0.226 e. The van der Waals surface area contributed by atoms with E-state index in [1.165, 1.54) is 29.5 Å². The maximum absolute atomic E-state index is 12.4. The molecule has 0 spiro atoms. The molecule has 1 aliphatic rings. The summed E-state index contributed by atoms with van der Waals surface area (Å²) < 4.78 is 1.99. The highest BCUT2D eigenvalue weighted by atomic mass is 16.1. The largest absolute Gasteiger partial charge is 0.311 e. The summed E-state index contributed by atoms with van der Waals surface area (Å²) in [5.74, 6) is 0.885. The Labute approximate surface area is 156 Å². The van der Waals surface area contributed by atoms with Gasteiger partial charge in [0.05, 0.1) is 12.2 Å². The van der Waals surface area contributed by atoms with Gasteiger partial charge >= 0.3 is 0 Å². The summed E-state index contributed by atoms with van der Waals surface area (Å²) >= 11 is 0. The normalized spacial score (nSPS) is 14.9. The van der Waals surface area contributed by atoms with Gasteiger partial charge in [-0.05, 0) is 44.9 Å². The average molecular weight is 354 g/mol. The molecular weight excluding hydrogens is 324 g/mol. The maximum atomic E-state index is 12.4. The Kier molecular flexibility index (Phi) is 6.09. The predicted octanol–water partition coefficient (Wildman–Crippen LogP) is 4.08. The van der Waals surface area contributed by atoms with Crippen LogP contribution in [0.5, 0.6) is 0 Å². The zero-order valence-electron chi connectivity index (χ0n) is 16.2. The molecular formula is C21H30N4O. The number of carbonyl (C=O) groups excluding carboxylic acids is 1. The molecule has 1 aliphatic carbocycles. The van der Waals surface area contributed by atoms with Gasteiger partial charge in [-0.25, -0.2) is 4.68 Å². The van der Waals surface area contributed by atoms with E-state index >= 15 is 0 Å². The molecule has 1 aromatic heterocycles. The molecule has 1 fully saturated rings. The zero-order chi connectivity index (χ0) is 18.5. The summed E-state index contributed by atoms with van der Waals surface area (Å²) in [5.41, 5.74) is 3.91. The van der Waals surface area contributed by atoms with E-state index < -0.39 is 0 Å². The van der Waals surface area contributed by atoms with Crippen molar-refractivity contribution in [1.29, 1.82) is 0 Å². The molecule has 1 amide bonds. The predicted molar refractivity (Wildman–Crippen MR) is 105 cm³/mol. The van der Waals surface area contributed by atoms with Crippen LogP contribution in [0.25, 0.3) is 0 Å². The molecule has 1 N–H and O–H groups in total. The lowest BCUT2D eigenvalue weighted by Crippen LogP contribution is -2.25. The Morgan fingerprint density at radius 1 is 1.27 bits per heavy atom. The molecule has 140 valence electrons. The third kappa shape index (κ3) is 4.73. The van der Waals surface area contributed by atoms with Crippen LogP contribution in [0.4, 0.5) is 5.82 Å². The van der Waals surface area contributed by atoms with Crippen molar-refractivity contribution in [2.75, 3.05) is 18.9 Å². The molecule has 1 aromatic carbocycles. The second kappa shape index (κ2) is 8.49. The minimum absolute atomic E-state index is 0.0530. The number of hydrogen-bond donors (Lipinski definition) is 1. The van der Waals surface area contributed by atoms with Crippen LogP contribution in [-0.2, 0) is 11.3 Å². The summed E-state index contributed by atoms with van der Waals surface area (Å²) in [5, 5.41) is 7.45. The van der Waals surface area contributed by atoms with Gasteiger partial charge in [-0.3, -0.25) is 4.79 Å². The van der Waals surface area contributed by atoms with Crippen LogP contribution in [0.2, 0.25) is 0 Å². The molecule has 5 nitrogen and oxygen atoms in total. The third-order valence-corrected chi connectivity index (χ3v) is 5.27. The summed E-state index contributed by atoms with van der Waals surface area (Å²) in [6, 6.07) is 8.87. The fraction of sp³-hybridized carbons (Fsp3) is 0.524. The van der Waals surface area contributed by atoms with E-state index in [-0.39, 0.29) is 5.91 Å². The van der Waals surface area contributed by atoms with Crippen molar-refractivity contribution in [1.82, 2.24) is 14.7 Å². The monoisotopic (exact) mass is 354 g/mol. The SMILES string of the molecule is Cc1ccc(CN(C)CCC(=O)Nc2ccnn2C2CCCC2)c(C)c1. The third-order valence-electron chi connectivity index (χ3n) is 5.27. The minimum Gasteiger partial charge on any atom is -0.311 e. The van der Waals surface area contributed by atoms with Crippen LogP contribution in [-0.4, -0.2) is 34.2 Å². The van der Waals surface area contributed by atoms with Crippen molar-refractivity contribution in [2.24, 2.45) is 0 Å². The quantitative estimate of drug-likeness (QED) is 0.815. The number of nitrogens with one attached hydrogen (secondary N) is 1. The lowest BCUT2D eigenvalue weighted by Gasteiger charge is -2.19. The number of amides is 1. The first-order valence-corrected chi connectivity index (χ1v) is 9.61. The number of nitrogens with zero attached hydrogens (tertiary/aromatic N) is 3. The molecule has 0 atom stereocenters. The van der Waals surface area contributed by atoms with E-state index in [0.717, 1.165) is 31.7 Å². The Bertz CT molecular complexity index is 746. The van der Waals surface area contributed by atoms with Gasteiger partial charge < -0.3 is 10.2 Å². The number of aryl methyl sites for hydroxylation is 2. The second-order valence-corrected chi connectivity index (χ2v) is 7.57. The van der Waals surface area contributed by atoms with E-state index in [2.05, 4.69) is 54.4 Å². The lowest BCUT2D eigenvalue weighted by atomic mass is 10.1. The van der Waals surface area contributed by atoms with Crippen LogP contribution in [0, 0.1) is 13.8 Å². The summed E-state index contributed by atoms with van der Waals surface area (Å²) in [4.78, 5) is 14.6. The Hall–Kier alpha value is -2.14. The van der Waals surface area contributed by atoms with Crippen LogP contribution in [0.3, 0.4) is 0 Å². The van der Waals surface area contributed by atoms with Crippen LogP contribution in [0.15, 0.2) is 30.5 Å². The van der Waals surface area contributed by atoms with Gasteiger partial charge in [0.15, 0.2) is 0 Å². The molecule has 0 saturated heterocycles. The second-order valence-electron chi connectivity index (χ2n) is 7.57. The van der Waals surface area contributed by atoms with Crippen LogP contribution < -0.4 is 5.32 Å². The average Bonchev–Trinajstić information content (AvgIpc) is 3.26. The Balaban J connectivity index is 1.49. The molecule has 0 radical (unpaired) electrons. The first-order valence-electron chi connectivity index (χ1n) is 9.61. The number of aromatic nitrogens is 2. The fourth-order valence-electron chi connectivity index (χ4n) is 3.74. The first-order chi connectivity index (χ1) is 12.5. The lowest BCUT2D eigenvalue weighted by molar-refractivity contribution is -0.116. The molecule has 0 bridgehead atoms. The molecule has 1 heterocycles. The first kappa shape index (κ1) is 18.6. The van der Waals surface area contributed by atoms with Crippen molar-refractivity contribution in [2.45, 2.75) is 58.5 Å². The van der Waals surface area contributed by atoms with Gasteiger partial charge in [-0.1, -0.05) is 36.6 Å². The van der Waals surface area contributed by atoms with E-state index in [1.807, 2.05) is 10.7 Å². The minimum atomic E-state index is 0.0530. The van der Waals surface area contributed by atoms with E-state index in [0.29, 0.717) is 12.5 Å². The van der Waals surface area contributed by atoms with E-state index in [9.17, 15) is 4.79 Å². The standard InChI is InChI=1S/C21H30N4O/c1-16-8-9-18(17(2)14-16)15-24(3)13-11-21(26)23-20-10-12-22-25(20)19-6-4-5-7-19/h8-10,12,14,19H,4-7,11,13,15H2,1-3H3,(H,23,26). The van der Waals surface area contributed by atoms with Crippen molar-refractivity contribution >= 4 is 11.7 Å². The number of anilines is 1. The molecule has 2 aromatic rings. The summed E-state index contributed by atoms with van der Waals surface area (Å²) in [7, 11) is 2.06. The maximum Gasteiger partial charge on any atom is 0.226 e. The number of carbonyl (C=O) groups is 1. The van der Waals surface area contributed by atoms with E-state index in [4.69, 9.17) is 0 Å². The summed E-state index contributed by atoms with van der Waals surface area (Å²) in [6.45, 7) is 5.85. The van der Waals surface area contributed by atoms with Gasteiger partial charge in [-0.2, -0.15) is 5.10 Å². The highest BCUT2D eigenvalue weighted by Gasteiger charge is 2.20. The van der Waals surface area contributed by atoms with Crippen molar-refractivity contribution in [3.63, 3.8) is 0 Å². The molecule has 0 aliphatic heterocycles. The molecule has 5 heteroatoms. The number of hydrogen-bond acceptors (Lipinski definition) is 3. The molecule has 0 unspecified atom stereocenters. The van der Waals surface area contributed by atoms with Crippen molar-refractivity contribution < 1.29 is 4.79 Å². The highest BCUT2D eigenvalue weighted by Crippen LogP contribution is 2.31. The van der Waals surface area contributed by atoms with Crippen molar-refractivity contribution in [3.8, 4) is 0 Å². The van der Waals surface area contributed by atoms with Gasteiger partial charge in [0, 0.05) is 25.6 Å². The molecule has 1 saturated carbocycles. The molecule has 26 heavy (non-hydrogen) atoms. The van der Waals surface area contributed by atoms with Crippen LogP contribution in [0.1, 0.15) is 54.8 Å². The van der Waals surface area contributed by atoms with Crippen molar-refractivity contribution in [3.05, 3.63) is 47.2 Å². The Morgan fingerprint density at radius 2 is 2.04 bits per heavy atom. The fourth-order valence-corrected chi connectivity index (χ4v) is 3.74. The van der Waals surface area contributed by atoms with Crippen LogP contribution >= 0.6 is 0 Å². The Morgan fingerprint density at radius 3 is 2.77 bits per heavy atom. The van der Waals surface area contributed by atoms with Gasteiger partial charge in [0.25, 0.3) is 0 Å². The van der Waals surface area contributed by atoms with Gasteiger partial charge in [0.1, 0.15) is 5.82 Å². The van der Waals surface area contributed by atoms with Gasteiger partial charge in [-0.15, -0.1) is 0 Å². The van der Waals surface area contributed by atoms with Gasteiger partial charge in [0.2, 0.25) is 5.91 Å². The topological polar surface area (TPSA) is 50.2 Å². The number of rotatable bonds is 7. The zero-order valence-corrected chi connectivity index (χ0v) is 16.2. The van der Waals surface area contributed by atoms with E-state index in [1.54, 1.807) is 6.20 Å². The summed E-state index contributed by atoms with van der Waals surface area (Å²) in [6.07, 6.45) is 7.08.